The maximum atomic E-state index is 12.0. The summed E-state index contributed by atoms with van der Waals surface area (Å²) in [5, 5.41) is 11.9. The van der Waals surface area contributed by atoms with Gasteiger partial charge in [0.2, 0.25) is 5.91 Å². The van der Waals surface area contributed by atoms with Gasteiger partial charge in [-0.3, -0.25) is 4.79 Å². The third-order valence-corrected chi connectivity index (χ3v) is 3.18. The van der Waals surface area contributed by atoms with Gasteiger partial charge in [0.15, 0.2) is 0 Å². The molecule has 88 valence electrons. The quantitative estimate of drug-likeness (QED) is 0.845. The van der Waals surface area contributed by atoms with Crippen molar-refractivity contribution in [1.29, 1.82) is 5.26 Å². The van der Waals surface area contributed by atoms with Crippen molar-refractivity contribution in [3.05, 3.63) is 24.3 Å². The van der Waals surface area contributed by atoms with Gasteiger partial charge in [0, 0.05) is 6.20 Å². The lowest BCUT2D eigenvalue weighted by atomic mass is 9.87. The SMILES string of the molecule is N#CC1(C(=O)NCc2ccncn2)CCCC1. The van der Waals surface area contributed by atoms with Crippen LogP contribution >= 0.6 is 0 Å². The third-order valence-electron chi connectivity index (χ3n) is 3.18. The molecule has 1 aromatic rings. The Bertz CT molecular complexity index is 432. The van der Waals surface area contributed by atoms with Crippen molar-refractivity contribution in [3.63, 3.8) is 0 Å². The zero-order chi connectivity index (χ0) is 12.1. The summed E-state index contributed by atoms with van der Waals surface area (Å²) in [5.74, 6) is -0.170. The lowest BCUT2D eigenvalue weighted by Crippen LogP contribution is -2.37. The average Bonchev–Trinajstić information content (AvgIpc) is 2.87. The third kappa shape index (κ3) is 2.41. The Balaban J connectivity index is 1.96. The van der Waals surface area contributed by atoms with E-state index in [4.69, 9.17) is 5.26 Å². The van der Waals surface area contributed by atoms with Crippen molar-refractivity contribution in [2.45, 2.75) is 32.2 Å². The van der Waals surface area contributed by atoms with E-state index >= 15 is 0 Å². The molecule has 1 aromatic heterocycles. The molecule has 0 atom stereocenters. The second-order valence-corrected chi connectivity index (χ2v) is 4.28. The van der Waals surface area contributed by atoms with E-state index in [1.165, 1.54) is 6.33 Å². The first kappa shape index (κ1) is 11.5. The van der Waals surface area contributed by atoms with Crippen LogP contribution in [-0.2, 0) is 11.3 Å². The molecular formula is C12H14N4O. The molecule has 17 heavy (non-hydrogen) atoms. The van der Waals surface area contributed by atoms with E-state index < -0.39 is 5.41 Å². The fourth-order valence-electron chi connectivity index (χ4n) is 2.13. The Kier molecular flexibility index (Phi) is 3.33. The molecule has 5 nitrogen and oxygen atoms in total. The number of carbonyl (C=O) groups excluding carboxylic acids is 1. The number of rotatable bonds is 3. The average molecular weight is 230 g/mol. The highest BCUT2D eigenvalue weighted by atomic mass is 16.2. The van der Waals surface area contributed by atoms with Gasteiger partial charge in [-0.25, -0.2) is 9.97 Å². The lowest BCUT2D eigenvalue weighted by molar-refractivity contribution is -0.128. The van der Waals surface area contributed by atoms with Gasteiger partial charge in [-0.15, -0.1) is 0 Å². The first-order chi connectivity index (χ1) is 8.27. The van der Waals surface area contributed by atoms with Gasteiger partial charge in [-0.1, -0.05) is 12.8 Å². The number of amides is 1. The summed E-state index contributed by atoms with van der Waals surface area (Å²) in [6, 6.07) is 3.91. The van der Waals surface area contributed by atoms with Crippen LogP contribution in [-0.4, -0.2) is 15.9 Å². The highest BCUT2D eigenvalue weighted by Crippen LogP contribution is 2.37. The molecule has 0 spiro atoms. The van der Waals surface area contributed by atoms with E-state index in [2.05, 4.69) is 21.4 Å². The normalized spacial score (nSPS) is 17.4. The zero-order valence-corrected chi connectivity index (χ0v) is 9.52. The van der Waals surface area contributed by atoms with Crippen LogP contribution < -0.4 is 5.32 Å². The van der Waals surface area contributed by atoms with Crippen LogP contribution in [0.25, 0.3) is 0 Å². The van der Waals surface area contributed by atoms with Crippen LogP contribution in [0.3, 0.4) is 0 Å². The van der Waals surface area contributed by atoms with E-state index in [1.807, 2.05) is 0 Å². The van der Waals surface area contributed by atoms with Gasteiger partial charge < -0.3 is 5.32 Å². The van der Waals surface area contributed by atoms with E-state index in [0.717, 1.165) is 18.5 Å². The molecule has 1 heterocycles. The predicted molar refractivity (Wildman–Crippen MR) is 60.4 cm³/mol. The van der Waals surface area contributed by atoms with E-state index in [9.17, 15) is 4.79 Å². The maximum absolute atomic E-state index is 12.0. The molecule has 1 amide bonds. The molecule has 0 unspecified atom stereocenters. The molecule has 2 rings (SSSR count). The summed E-state index contributed by atoms with van der Waals surface area (Å²) >= 11 is 0. The first-order valence-electron chi connectivity index (χ1n) is 5.71. The summed E-state index contributed by atoms with van der Waals surface area (Å²) < 4.78 is 0. The van der Waals surface area contributed by atoms with Crippen molar-refractivity contribution in [1.82, 2.24) is 15.3 Å². The molecule has 1 aliphatic rings. The van der Waals surface area contributed by atoms with Crippen LogP contribution in [0.5, 0.6) is 0 Å². The second-order valence-electron chi connectivity index (χ2n) is 4.28. The summed E-state index contributed by atoms with van der Waals surface area (Å²) in [6.45, 7) is 0.352. The van der Waals surface area contributed by atoms with Crippen LogP contribution in [0, 0.1) is 16.7 Å². The maximum Gasteiger partial charge on any atom is 0.240 e. The largest absolute Gasteiger partial charge is 0.349 e. The van der Waals surface area contributed by atoms with Crippen LogP contribution in [0.2, 0.25) is 0 Å². The molecule has 1 saturated carbocycles. The monoisotopic (exact) mass is 230 g/mol. The standard InChI is InChI=1S/C12H14N4O/c13-8-12(4-1-2-5-12)11(17)15-7-10-3-6-14-9-16-10/h3,6,9H,1-2,4-5,7H2,(H,15,17). The van der Waals surface area contributed by atoms with Crippen LogP contribution in [0.15, 0.2) is 18.6 Å². The lowest BCUT2D eigenvalue weighted by Gasteiger charge is -2.18. The van der Waals surface area contributed by atoms with Crippen molar-refractivity contribution in [2.75, 3.05) is 0 Å². The molecule has 0 aliphatic heterocycles. The highest BCUT2D eigenvalue weighted by Gasteiger charge is 2.41. The zero-order valence-electron chi connectivity index (χ0n) is 9.52. The minimum atomic E-state index is -0.812. The fraction of sp³-hybridized carbons (Fsp3) is 0.500. The molecule has 0 saturated heterocycles. The van der Waals surface area contributed by atoms with Gasteiger partial charge in [0.05, 0.1) is 18.3 Å². The molecule has 1 aliphatic carbocycles. The Morgan fingerprint density at radius 2 is 2.29 bits per heavy atom. The van der Waals surface area contributed by atoms with Crippen molar-refractivity contribution in [2.24, 2.45) is 5.41 Å². The first-order valence-corrected chi connectivity index (χ1v) is 5.71. The van der Waals surface area contributed by atoms with Gasteiger partial charge in [-0.2, -0.15) is 5.26 Å². The predicted octanol–water partition coefficient (Wildman–Crippen LogP) is 1.18. The van der Waals surface area contributed by atoms with E-state index in [-0.39, 0.29) is 5.91 Å². The van der Waals surface area contributed by atoms with Crippen molar-refractivity contribution >= 4 is 5.91 Å². The number of carbonyl (C=O) groups is 1. The van der Waals surface area contributed by atoms with Gasteiger partial charge >= 0.3 is 0 Å². The smallest absolute Gasteiger partial charge is 0.240 e. The number of nitrogens with zero attached hydrogens (tertiary/aromatic N) is 3. The second kappa shape index (κ2) is 4.91. The van der Waals surface area contributed by atoms with Crippen molar-refractivity contribution < 1.29 is 4.79 Å². The topological polar surface area (TPSA) is 78.7 Å². The van der Waals surface area contributed by atoms with Crippen LogP contribution in [0.4, 0.5) is 0 Å². The van der Waals surface area contributed by atoms with Gasteiger partial charge in [0.1, 0.15) is 11.7 Å². The minimum Gasteiger partial charge on any atom is -0.349 e. The molecule has 5 heteroatoms. The Morgan fingerprint density at radius 1 is 1.53 bits per heavy atom. The summed E-state index contributed by atoms with van der Waals surface area (Å²) in [4.78, 5) is 19.8. The number of hydrogen-bond donors (Lipinski definition) is 1. The number of nitriles is 1. The van der Waals surface area contributed by atoms with Crippen LogP contribution in [0.1, 0.15) is 31.4 Å². The Labute approximate surface area is 99.9 Å². The molecule has 1 N–H and O–H groups in total. The minimum absolute atomic E-state index is 0.170. The molecular weight excluding hydrogens is 216 g/mol. The Hall–Kier alpha value is -1.96. The number of aromatic nitrogens is 2. The summed E-state index contributed by atoms with van der Waals surface area (Å²) in [5.41, 5.74) is -0.0630. The number of nitrogens with one attached hydrogen (secondary N) is 1. The molecule has 0 bridgehead atoms. The highest BCUT2D eigenvalue weighted by molar-refractivity contribution is 5.85. The number of hydrogen-bond acceptors (Lipinski definition) is 4. The van der Waals surface area contributed by atoms with E-state index in [0.29, 0.717) is 19.4 Å². The summed E-state index contributed by atoms with van der Waals surface area (Å²) in [7, 11) is 0. The molecule has 1 fully saturated rings. The van der Waals surface area contributed by atoms with E-state index in [1.54, 1.807) is 12.3 Å². The fourth-order valence-corrected chi connectivity index (χ4v) is 2.13. The van der Waals surface area contributed by atoms with Crippen molar-refractivity contribution in [3.8, 4) is 6.07 Å². The van der Waals surface area contributed by atoms with Gasteiger partial charge in [-0.05, 0) is 18.9 Å². The Morgan fingerprint density at radius 3 is 2.88 bits per heavy atom. The van der Waals surface area contributed by atoms with Gasteiger partial charge in [0.25, 0.3) is 0 Å². The molecule has 0 aromatic carbocycles. The molecule has 0 radical (unpaired) electrons. The summed E-state index contributed by atoms with van der Waals surface area (Å²) in [6.07, 6.45) is 6.31.